The van der Waals surface area contributed by atoms with Gasteiger partial charge in [-0.05, 0) is 11.1 Å². The number of methoxy groups -OCH3 is 1. The summed E-state index contributed by atoms with van der Waals surface area (Å²) < 4.78 is 4.93. The van der Waals surface area contributed by atoms with Gasteiger partial charge in [0.1, 0.15) is 12.1 Å². The number of nitrogens with two attached hydrogens (primary N) is 1. The molecule has 0 spiro atoms. The molecule has 0 aromatic heterocycles. The number of rotatable bonds is 5. The maximum Gasteiger partial charge on any atom is 0.323 e. The predicted octanol–water partition coefficient (Wildman–Crippen LogP) is 0.278. The molecule has 1 aromatic rings. The molecule has 0 amide bonds. The summed E-state index contributed by atoms with van der Waals surface area (Å²) in [5, 5.41) is 18.3. The van der Waals surface area contributed by atoms with Crippen molar-refractivity contribution in [2.75, 3.05) is 7.11 Å². The Morgan fingerprint density at radius 2 is 2.00 bits per heavy atom. The molecule has 0 saturated carbocycles. The second-order valence-electron chi connectivity index (χ2n) is 3.48. The minimum absolute atomic E-state index is 0.474. The lowest BCUT2D eigenvalue weighted by Crippen LogP contribution is -2.36. The molecule has 0 aliphatic rings. The van der Waals surface area contributed by atoms with Crippen LogP contribution in [-0.2, 0) is 16.1 Å². The van der Waals surface area contributed by atoms with Crippen molar-refractivity contribution in [3.8, 4) is 0 Å². The highest BCUT2D eigenvalue weighted by Crippen LogP contribution is 2.16. The zero-order chi connectivity index (χ0) is 12.1. The Morgan fingerprint density at radius 1 is 1.44 bits per heavy atom. The van der Waals surface area contributed by atoms with Crippen molar-refractivity contribution < 1.29 is 19.7 Å². The van der Waals surface area contributed by atoms with Crippen molar-refractivity contribution in [1.29, 1.82) is 0 Å². The Hall–Kier alpha value is -1.43. The van der Waals surface area contributed by atoms with Gasteiger partial charge < -0.3 is 20.7 Å². The molecule has 1 aromatic carbocycles. The van der Waals surface area contributed by atoms with E-state index in [1.165, 1.54) is 0 Å². The number of carbonyl (C=O) groups is 1. The van der Waals surface area contributed by atoms with Crippen molar-refractivity contribution in [2.45, 2.75) is 18.8 Å². The van der Waals surface area contributed by atoms with Crippen LogP contribution in [0.4, 0.5) is 0 Å². The Balaban J connectivity index is 2.77. The molecule has 0 aliphatic heterocycles. The van der Waals surface area contributed by atoms with Crippen LogP contribution in [0.2, 0.25) is 0 Å². The lowest BCUT2D eigenvalue weighted by atomic mass is 10.0. The lowest BCUT2D eigenvalue weighted by Gasteiger charge is -2.15. The number of aliphatic carboxylic acids is 1. The molecule has 0 fully saturated rings. The van der Waals surface area contributed by atoms with Crippen LogP contribution in [0, 0.1) is 0 Å². The SMILES string of the molecule is COCc1ccc([C@@H](O)[C@H](N)C(=O)O)cc1. The molecule has 0 saturated heterocycles. The van der Waals surface area contributed by atoms with Crippen LogP contribution in [0.25, 0.3) is 0 Å². The molecular formula is C11H15NO4. The van der Waals surface area contributed by atoms with Crippen LogP contribution in [-0.4, -0.2) is 29.3 Å². The zero-order valence-electron chi connectivity index (χ0n) is 8.96. The number of ether oxygens (including phenoxy) is 1. The van der Waals surface area contributed by atoms with Crippen molar-refractivity contribution in [3.63, 3.8) is 0 Å². The summed E-state index contributed by atoms with van der Waals surface area (Å²) in [6.07, 6.45) is -1.20. The molecular weight excluding hydrogens is 210 g/mol. The van der Waals surface area contributed by atoms with Gasteiger partial charge in [-0.3, -0.25) is 4.79 Å². The maximum atomic E-state index is 10.6. The summed E-state index contributed by atoms with van der Waals surface area (Å²) in [6, 6.07) is 5.49. The first kappa shape index (κ1) is 12.6. The van der Waals surface area contributed by atoms with Gasteiger partial charge in [-0.25, -0.2) is 0 Å². The van der Waals surface area contributed by atoms with E-state index in [1.807, 2.05) is 0 Å². The standard InChI is InChI=1S/C11H15NO4/c1-16-6-7-2-4-8(5-3-7)10(13)9(12)11(14)15/h2-5,9-10,13H,6,12H2,1H3,(H,14,15)/t9-,10+/m0/s1. The van der Waals surface area contributed by atoms with E-state index in [0.717, 1.165) is 5.56 Å². The van der Waals surface area contributed by atoms with Gasteiger partial charge in [0.05, 0.1) is 6.61 Å². The van der Waals surface area contributed by atoms with Crippen LogP contribution >= 0.6 is 0 Å². The summed E-state index contributed by atoms with van der Waals surface area (Å²) in [6.45, 7) is 0.474. The van der Waals surface area contributed by atoms with E-state index >= 15 is 0 Å². The maximum absolute atomic E-state index is 10.6. The summed E-state index contributed by atoms with van der Waals surface area (Å²) in [5.41, 5.74) is 6.74. The fraction of sp³-hybridized carbons (Fsp3) is 0.364. The van der Waals surface area contributed by atoms with E-state index < -0.39 is 18.1 Å². The number of aliphatic hydroxyl groups excluding tert-OH is 1. The van der Waals surface area contributed by atoms with Gasteiger partial charge in [0, 0.05) is 7.11 Å². The highest BCUT2D eigenvalue weighted by Gasteiger charge is 2.23. The van der Waals surface area contributed by atoms with E-state index in [2.05, 4.69) is 0 Å². The molecule has 0 radical (unpaired) electrons. The molecule has 0 heterocycles. The minimum Gasteiger partial charge on any atom is -0.480 e. The number of carboxylic acids is 1. The second-order valence-corrected chi connectivity index (χ2v) is 3.48. The van der Waals surface area contributed by atoms with E-state index in [4.69, 9.17) is 15.6 Å². The van der Waals surface area contributed by atoms with Gasteiger partial charge in [0.25, 0.3) is 0 Å². The minimum atomic E-state index is -1.31. The smallest absolute Gasteiger partial charge is 0.323 e. The van der Waals surface area contributed by atoms with Crippen LogP contribution in [0.1, 0.15) is 17.2 Å². The van der Waals surface area contributed by atoms with Gasteiger partial charge in [0.2, 0.25) is 0 Å². The van der Waals surface area contributed by atoms with Crippen molar-refractivity contribution >= 4 is 5.97 Å². The van der Waals surface area contributed by atoms with E-state index in [1.54, 1.807) is 31.4 Å². The van der Waals surface area contributed by atoms with Gasteiger partial charge >= 0.3 is 5.97 Å². The lowest BCUT2D eigenvalue weighted by molar-refractivity contribution is -0.141. The summed E-state index contributed by atoms with van der Waals surface area (Å²) in [5.74, 6) is -1.23. The number of hydrogen-bond acceptors (Lipinski definition) is 4. The summed E-state index contributed by atoms with van der Waals surface area (Å²) >= 11 is 0. The monoisotopic (exact) mass is 225 g/mol. The third-order valence-corrected chi connectivity index (χ3v) is 2.26. The third-order valence-electron chi connectivity index (χ3n) is 2.26. The van der Waals surface area contributed by atoms with Gasteiger partial charge in [-0.1, -0.05) is 24.3 Å². The fourth-order valence-corrected chi connectivity index (χ4v) is 1.32. The highest BCUT2D eigenvalue weighted by molar-refractivity contribution is 5.74. The number of aliphatic hydroxyl groups is 1. The summed E-state index contributed by atoms with van der Waals surface area (Å²) in [7, 11) is 1.59. The second kappa shape index (κ2) is 5.60. The first-order chi connectivity index (χ1) is 7.56. The van der Waals surface area contributed by atoms with E-state index in [9.17, 15) is 9.90 Å². The average molecular weight is 225 g/mol. The highest BCUT2D eigenvalue weighted by atomic mass is 16.5. The number of carboxylic acid groups (broad SMARTS) is 1. The Labute approximate surface area is 93.5 Å². The molecule has 0 bridgehead atoms. The van der Waals surface area contributed by atoms with Crippen molar-refractivity contribution in [2.24, 2.45) is 5.73 Å². The number of benzene rings is 1. The summed E-state index contributed by atoms with van der Waals surface area (Å²) in [4.78, 5) is 10.6. The Kier molecular flexibility index (Phi) is 4.42. The Bertz CT molecular complexity index is 350. The average Bonchev–Trinajstić information content (AvgIpc) is 2.28. The van der Waals surface area contributed by atoms with Gasteiger partial charge in [-0.2, -0.15) is 0 Å². The van der Waals surface area contributed by atoms with Crippen LogP contribution in [0.3, 0.4) is 0 Å². The van der Waals surface area contributed by atoms with Gasteiger partial charge in [-0.15, -0.1) is 0 Å². The quantitative estimate of drug-likeness (QED) is 0.669. The molecule has 2 atom stereocenters. The van der Waals surface area contributed by atoms with E-state index in [-0.39, 0.29) is 0 Å². The fourth-order valence-electron chi connectivity index (χ4n) is 1.32. The topological polar surface area (TPSA) is 92.8 Å². The molecule has 0 unspecified atom stereocenters. The largest absolute Gasteiger partial charge is 0.480 e. The molecule has 5 nitrogen and oxygen atoms in total. The molecule has 16 heavy (non-hydrogen) atoms. The zero-order valence-corrected chi connectivity index (χ0v) is 8.96. The predicted molar refractivity (Wildman–Crippen MR) is 57.7 cm³/mol. The molecule has 88 valence electrons. The van der Waals surface area contributed by atoms with Crippen LogP contribution < -0.4 is 5.73 Å². The van der Waals surface area contributed by atoms with Crippen LogP contribution in [0.5, 0.6) is 0 Å². The van der Waals surface area contributed by atoms with Crippen molar-refractivity contribution in [1.82, 2.24) is 0 Å². The molecule has 5 heteroatoms. The van der Waals surface area contributed by atoms with Crippen LogP contribution in [0.15, 0.2) is 24.3 Å². The molecule has 0 aliphatic carbocycles. The van der Waals surface area contributed by atoms with Crippen molar-refractivity contribution in [3.05, 3.63) is 35.4 Å². The number of hydrogen-bond donors (Lipinski definition) is 3. The van der Waals surface area contributed by atoms with E-state index in [0.29, 0.717) is 12.2 Å². The molecule has 1 rings (SSSR count). The normalized spacial score (nSPS) is 14.4. The Morgan fingerprint density at radius 3 is 2.44 bits per heavy atom. The first-order valence-corrected chi connectivity index (χ1v) is 4.80. The first-order valence-electron chi connectivity index (χ1n) is 4.80. The third kappa shape index (κ3) is 3.03. The molecule has 4 N–H and O–H groups in total. The van der Waals surface area contributed by atoms with Gasteiger partial charge in [0.15, 0.2) is 0 Å².